The van der Waals surface area contributed by atoms with Crippen LogP contribution in [0.5, 0.6) is 0 Å². The number of rotatable bonds is 2. The van der Waals surface area contributed by atoms with Crippen LogP contribution in [0.4, 0.5) is 0 Å². The van der Waals surface area contributed by atoms with Gasteiger partial charge >= 0.3 is 0 Å². The van der Waals surface area contributed by atoms with E-state index in [2.05, 4.69) is 56.5 Å². The lowest BCUT2D eigenvalue weighted by molar-refractivity contribution is 0.418. The van der Waals surface area contributed by atoms with Crippen LogP contribution in [0.2, 0.25) is 5.82 Å². The predicted molar refractivity (Wildman–Crippen MR) is 69.2 cm³/mol. The Labute approximate surface area is 94.1 Å². The molecule has 2 atom stereocenters. The van der Waals surface area contributed by atoms with E-state index in [4.69, 9.17) is 0 Å². The molecule has 84 valence electrons. The van der Waals surface area contributed by atoms with Crippen LogP contribution in [0.15, 0.2) is 16.8 Å². The summed E-state index contributed by atoms with van der Waals surface area (Å²) in [5.74, 6) is 1.20. The molecule has 15 heavy (non-hydrogen) atoms. The largest absolute Gasteiger partial charge is 0.372 e. The molecule has 1 N–H and O–H groups in total. The maximum absolute atomic E-state index is 4.33. The van der Waals surface area contributed by atoms with Crippen molar-refractivity contribution in [1.82, 2.24) is 10.2 Å². The Morgan fingerprint density at radius 2 is 2.33 bits per heavy atom. The van der Waals surface area contributed by atoms with E-state index in [1.165, 1.54) is 12.0 Å². The highest BCUT2D eigenvalue weighted by Gasteiger charge is 2.13. The quantitative estimate of drug-likeness (QED) is 0.668. The van der Waals surface area contributed by atoms with Gasteiger partial charge in [0.05, 0.1) is 0 Å². The molecule has 2 unspecified atom stereocenters. The van der Waals surface area contributed by atoms with Gasteiger partial charge < -0.3 is 10.2 Å². The standard InChI is InChI=1S/C11H22BN3/c1-9-4-11(12)6-14-8-13-5-10(9)7-15(2)3/h5-6,9,11,13H,4,7-8,12H2,1-3H3/b10-5-,14-6-. The summed E-state index contributed by atoms with van der Waals surface area (Å²) in [6.07, 6.45) is 5.39. The Kier molecular flexibility index (Phi) is 4.89. The molecule has 0 aliphatic carbocycles. The van der Waals surface area contributed by atoms with E-state index in [0.29, 0.717) is 18.4 Å². The van der Waals surface area contributed by atoms with Crippen molar-refractivity contribution >= 4 is 14.1 Å². The van der Waals surface area contributed by atoms with E-state index >= 15 is 0 Å². The molecule has 0 saturated carbocycles. The minimum absolute atomic E-state index is 0.575. The Morgan fingerprint density at radius 3 is 3.00 bits per heavy atom. The van der Waals surface area contributed by atoms with Crippen molar-refractivity contribution in [3.8, 4) is 0 Å². The molecule has 0 spiro atoms. The van der Waals surface area contributed by atoms with Crippen molar-refractivity contribution in [1.29, 1.82) is 0 Å². The van der Waals surface area contributed by atoms with Crippen LogP contribution in [0.3, 0.4) is 0 Å². The molecule has 0 fully saturated rings. The Hall–Kier alpha value is -0.765. The van der Waals surface area contributed by atoms with E-state index in [9.17, 15) is 0 Å². The first-order valence-electron chi connectivity index (χ1n) is 5.66. The Balaban J connectivity index is 2.67. The summed E-state index contributed by atoms with van der Waals surface area (Å²) >= 11 is 0. The number of aliphatic imine (C=N–C) groups is 1. The van der Waals surface area contributed by atoms with Crippen LogP contribution >= 0.6 is 0 Å². The molecule has 0 aromatic rings. The lowest BCUT2D eigenvalue weighted by atomic mass is 9.79. The number of hydrogen-bond acceptors (Lipinski definition) is 3. The molecule has 1 aliphatic rings. The fraction of sp³-hybridized carbons (Fsp3) is 0.727. The van der Waals surface area contributed by atoms with Gasteiger partial charge in [0.15, 0.2) is 0 Å². The van der Waals surface area contributed by atoms with Crippen LogP contribution in [-0.2, 0) is 0 Å². The number of hydrogen-bond donors (Lipinski definition) is 1. The third-order valence-electron chi connectivity index (χ3n) is 2.69. The van der Waals surface area contributed by atoms with E-state index < -0.39 is 0 Å². The van der Waals surface area contributed by atoms with Gasteiger partial charge in [-0.3, -0.25) is 4.99 Å². The molecule has 3 nitrogen and oxygen atoms in total. The number of nitrogens with zero attached hydrogens (tertiary/aromatic N) is 2. The molecule has 1 aliphatic heterocycles. The monoisotopic (exact) mass is 207 g/mol. The van der Waals surface area contributed by atoms with Crippen LogP contribution in [-0.4, -0.2) is 46.3 Å². The van der Waals surface area contributed by atoms with Crippen molar-refractivity contribution in [3.05, 3.63) is 11.8 Å². The summed E-state index contributed by atoms with van der Waals surface area (Å²) in [6, 6.07) is 0. The molecule has 0 radical (unpaired) electrons. The van der Waals surface area contributed by atoms with Crippen LogP contribution < -0.4 is 5.32 Å². The summed E-state index contributed by atoms with van der Waals surface area (Å²) in [4.78, 5) is 6.54. The second-order valence-electron chi connectivity index (χ2n) is 4.76. The molecule has 4 heteroatoms. The van der Waals surface area contributed by atoms with Gasteiger partial charge in [-0.05, 0) is 50.2 Å². The number of likely N-dealkylation sites (N-methyl/N-ethyl adjacent to an activating group) is 1. The van der Waals surface area contributed by atoms with Crippen LogP contribution in [0, 0.1) is 5.92 Å². The van der Waals surface area contributed by atoms with Crippen LogP contribution in [0.25, 0.3) is 0 Å². The summed E-state index contributed by atoms with van der Waals surface area (Å²) in [5.41, 5.74) is 1.47. The van der Waals surface area contributed by atoms with Gasteiger partial charge in [-0.1, -0.05) is 6.92 Å². The normalized spacial score (nSPS) is 33.2. The smallest absolute Gasteiger partial charge is 0.112 e. The van der Waals surface area contributed by atoms with Crippen molar-refractivity contribution in [2.75, 3.05) is 27.3 Å². The van der Waals surface area contributed by atoms with E-state index in [-0.39, 0.29) is 0 Å². The van der Waals surface area contributed by atoms with Gasteiger partial charge in [0.25, 0.3) is 0 Å². The maximum atomic E-state index is 4.33. The topological polar surface area (TPSA) is 27.6 Å². The van der Waals surface area contributed by atoms with Crippen molar-refractivity contribution in [2.45, 2.75) is 19.2 Å². The highest BCUT2D eigenvalue weighted by Crippen LogP contribution is 2.21. The third kappa shape index (κ3) is 4.52. The molecular formula is C11H22BN3. The van der Waals surface area contributed by atoms with Gasteiger partial charge in [-0.2, -0.15) is 0 Å². The second kappa shape index (κ2) is 5.96. The third-order valence-corrected chi connectivity index (χ3v) is 2.69. The SMILES string of the molecule is BC1/C=N\CN/C=C(/CN(C)C)C(C)C1. The van der Waals surface area contributed by atoms with Gasteiger partial charge in [0.1, 0.15) is 14.5 Å². The van der Waals surface area contributed by atoms with Crippen molar-refractivity contribution in [3.63, 3.8) is 0 Å². The molecule has 0 saturated heterocycles. The van der Waals surface area contributed by atoms with Gasteiger partial charge in [0, 0.05) is 6.54 Å². The molecule has 0 aromatic carbocycles. The van der Waals surface area contributed by atoms with Gasteiger partial charge in [-0.15, -0.1) is 0 Å². The minimum Gasteiger partial charge on any atom is -0.372 e. The molecule has 0 aromatic heterocycles. The van der Waals surface area contributed by atoms with E-state index in [0.717, 1.165) is 6.54 Å². The summed E-state index contributed by atoms with van der Waals surface area (Å²) in [6.45, 7) is 4.03. The van der Waals surface area contributed by atoms with Crippen molar-refractivity contribution in [2.24, 2.45) is 10.9 Å². The first kappa shape index (κ1) is 12.3. The minimum atomic E-state index is 0.575. The zero-order chi connectivity index (χ0) is 11.3. The van der Waals surface area contributed by atoms with Crippen LogP contribution in [0.1, 0.15) is 13.3 Å². The average molecular weight is 207 g/mol. The van der Waals surface area contributed by atoms with Gasteiger partial charge in [0.2, 0.25) is 0 Å². The Morgan fingerprint density at radius 1 is 1.60 bits per heavy atom. The molecular weight excluding hydrogens is 185 g/mol. The fourth-order valence-corrected chi connectivity index (χ4v) is 1.94. The van der Waals surface area contributed by atoms with E-state index in [1.807, 2.05) is 0 Å². The molecule has 1 rings (SSSR count). The number of nitrogens with one attached hydrogen (secondary N) is 1. The summed E-state index contributed by atoms with van der Waals surface area (Å²) in [7, 11) is 6.46. The van der Waals surface area contributed by atoms with Crippen molar-refractivity contribution < 1.29 is 0 Å². The molecule has 1 heterocycles. The maximum Gasteiger partial charge on any atom is 0.112 e. The molecule has 0 amide bonds. The van der Waals surface area contributed by atoms with Gasteiger partial charge in [-0.25, -0.2) is 0 Å². The first-order valence-corrected chi connectivity index (χ1v) is 5.66. The Bertz CT molecular complexity index is 248. The summed E-state index contributed by atoms with van der Waals surface area (Å²) < 4.78 is 0. The average Bonchev–Trinajstić information content (AvgIpc) is 2.19. The fourth-order valence-electron chi connectivity index (χ4n) is 1.94. The van der Waals surface area contributed by atoms with E-state index in [1.54, 1.807) is 0 Å². The first-order chi connectivity index (χ1) is 7.09. The zero-order valence-corrected chi connectivity index (χ0v) is 10.3. The summed E-state index contributed by atoms with van der Waals surface area (Å²) in [5, 5.41) is 3.25. The highest BCUT2D eigenvalue weighted by molar-refractivity contribution is 6.20. The molecule has 0 bridgehead atoms. The lowest BCUT2D eigenvalue weighted by Crippen LogP contribution is -2.21. The predicted octanol–water partition coefficient (Wildman–Crippen LogP) is 0.511. The second-order valence-corrected chi connectivity index (χ2v) is 4.76. The lowest BCUT2D eigenvalue weighted by Gasteiger charge is -2.20. The highest BCUT2D eigenvalue weighted by atomic mass is 15.1. The zero-order valence-electron chi connectivity index (χ0n) is 10.3.